The topological polar surface area (TPSA) is 137 Å². The van der Waals surface area contributed by atoms with E-state index < -0.39 is 35.5 Å². The maximum absolute atomic E-state index is 12.7. The molecular weight excluding hydrogens is 458 g/mol. The summed E-state index contributed by atoms with van der Waals surface area (Å²) in [7, 11) is 1.55. The van der Waals surface area contributed by atoms with Gasteiger partial charge in [-0.3, -0.25) is 4.79 Å². The number of aliphatic carboxylic acids is 1. The van der Waals surface area contributed by atoms with Gasteiger partial charge in [0.05, 0.1) is 13.7 Å². The van der Waals surface area contributed by atoms with Crippen molar-refractivity contribution in [2.45, 2.75) is 45.4 Å². The van der Waals surface area contributed by atoms with Gasteiger partial charge < -0.3 is 29.4 Å². The summed E-state index contributed by atoms with van der Waals surface area (Å²) in [6.45, 7) is 5.11. The quantitative estimate of drug-likeness (QED) is 0.278. The number of amides is 1. The van der Waals surface area contributed by atoms with Crippen LogP contribution in [-0.4, -0.2) is 54.3 Å². The third kappa shape index (κ3) is 9.36. The van der Waals surface area contributed by atoms with E-state index in [2.05, 4.69) is 5.32 Å². The van der Waals surface area contributed by atoms with Crippen molar-refractivity contribution in [1.29, 1.82) is 0 Å². The molecule has 2 aromatic carbocycles. The second-order valence-electron chi connectivity index (χ2n) is 8.45. The van der Waals surface area contributed by atoms with Gasteiger partial charge in [-0.2, -0.15) is 0 Å². The van der Waals surface area contributed by atoms with E-state index in [4.69, 9.17) is 24.1 Å². The lowest BCUT2D eigenvalue weighted by atomic mass is 10.1. The first kappa shape index (κ1) is 27.2. The highest BCUT2D eigenvalue weighted by molar-refractivity contribution is 6.39. The van der Waals surface area contributed by atoms with Crippen molar-refractivity contribution in [3.05, 3.63) is 59.7 Å². The van der Waals surface area contributed by atoms with Crippen molar-refractivity contribution in [2.24, 2.45) is 0 Å². The Bertz CT molecular complexity index is 1020. The Kier molecular flexibility index (Phi) is 9.63. The fraction of sp³-hybridized carbons (Fsp3) is 0.360. The van der Waals surface area contributed by atoms with E-state index >= 15 is 0 Å². The number of benzene rings is 2. The molecule has 0 spiro atoms. The molecule has 1 atom stereocenters. The van der Waals surface area contributed by atoms with Crippen LogP contribution in [0.3, 0.4) is 0 Å². The Hall–Kier alpha value is -4.08. The first-order valence-electron chi connectivity index (χ1n) is 10.8. The predicted molar refractivity (Wildman–Crippen MR) is 124 cm³/mol. The van der Waals surface area contributed by atoms with E-state index in [1.807, 2.05) is 0 Å². The Labute approximate surface area is 203 Å². The largest absolute Gasteiger partial charge is 0.497 e. The SMILES string of the molecule is COc1ccc(COC(=O)[C@@H](CCOc2ccc(C(=O)C(=O)O)cc2)NC(=O)OC(C)(C)C)cc1. The molecule has 0 radical (unpaired) electrons. The third-order valence-electron chi connectivity index (χ3n) is 4.50. The van der Waals surface area contributed by atoms with Crippen molar-refractivity contribution in [2.75, 3.05) is 13.7 Å². The molecule has 0 unspecified atom stereocenters. The summed E-state index contributed by atoms with van der Waals surface area (Å²) in [6, 6.07) is 11.5. The Morgan fingerprint density at radius 1 is 0.943 bits per heavy atom. The average molecular weight is 488 g/mol. The first-order chi connectivity index (χ1) is 16.5. The van der Waals surface area contributed by atoms with E-state index in [0.717, 1.165) is 5.56 Å². The summed E-state index contributed by atoms with van der Waals surface area (Å²) in [6.07, 6.45) is -0.711. The number of ketones is 1. The molecule has 10 nitrogen and oxygen atoms in total. The van der Waals surface area contributed by atoms with E-state index in [1.54, 1.807) is 52.1 Å². The van der Waals surface area contributed by atoms with Crippen LogP contribution >= 0.6 is 0 Å². The normalized spacial score (nSPS) is 11.7. The number of hydrogen-bond donors (Lipinski definition) is 2. The standard InChI is InChI=1S/C25H29NO9/c1-25(2,3)35-24(31)26-20(23(30)34-15-16-5-9-18(32-4)10-6-16)13-14-33-19-11-7-17(8-12-19)21(27)22(28)29/h5-12,20H,13-15H2,1-4H3,(H,26,31)(H,28,29)/t20-/m1/s1. The van der Waals surface area contributed by atoms with Gasteiger partial charge in [-0.25, -0.2) is 14.4 Å². The molecule has 10 heteroatoms. The van der Waals surface area contributed by atoms with Crippen LogP contribution in [0.5, 0.6) is 11.5 Å². The summed E-state index contributed by atoms with van der Waals surface area (Å²) < 4.78 is 21.3. The summed E-state index contributed by atoms with van der Waals surface area (Å²) >= 11 is 0. The Morgan fingerprint density at radius 2 is 1.54 bits per heavy atom. The van der Waals surface area contributed by atoms with Crippen molar-refractivity contribution in [3.63, 3.8) is 0 Å². The molecule has 2 aromatic rings. The highest BCUT2D eigenvalue weighted by Crippen LogP contribution is 2.15. The second kappa shape index (κ2) is 12.4. The molecule has 2 rings (SSSR count). The summed E-state index contributed by atoms with van der Waals surface area (Å²) in [5, 5.41) is 11.3. The lowest BCUT2D eigenvalue weighted by molar-refractivity contribution is -0.147. The van der Waals surface area contributed by atoms with Gasteiger partial charge in [0.1, 0.15) is 29.7 Å². The van der Waals surface area contributed by atoms with Gasteiger partial charge in [0.25, 0.3) is 5.78 Å². The molecule has 188 valence electrons. The van der Waals surface area contributed by atoms with Crippen LogP contribution in [0.2, 0.25) is 0 Å². The summed E-state index contributed by atoms with van der Waals surface area (Å²) in [4.78, 5) is 47.2. The van der Waals surface area contributed by atoms with Crippen molar-refractivity contribution in [3.8, 4) is 11.5 Å². The van der Waals surface area contributed by atoms with Gasteiger partial charge in [-0.1, -0.05) is 12.1 Å². The van der Waals surface area contributed by atoms with Gasteiger partial charge in [-0.05, 0) is 62.7 Å². The number of carboxylic acids is 1. The Morgan fingerprint density at radius 3 is 2.09 bits per heavy atom. The molecule has 0 aliphatic rings. The number of methoxy groups -OCH3 is 1. The molecule has 0 aliphatic carbocycles. The highest BCUT2D eigenvalue weighted by Gasteiger charge is 2.26. The molecule has 0 bridgehead atoms. The number of esters is 1. The smallest absolute Gasteiger partial charge is 0.408 e. The second-order valence-corrected chi connectivity index (χ2v) is 8.45. The zero-order chi connectivity index (χ0) is 26.0. The highest BCUT2D eigenvalue weighted by atomic mass is 16.6. The molecule has 0 aromatic heterocycles. The van der Waals surface area contributed by atoms with Crippen LogP contribution < -0.4 is 14.8 Å². The zero-order valence-corrected chi connectivity index (χ0v) is 20.0. The number of hydrogen-bond acceptors (Lipinski definition) is 8. The molecule has 0 fully saturated rings. The van der Waals surface area contributed by atoms with E-state index in [1.165, 1.54) is 24.3 Å². The minimum absolute atomic E-state index is 0.00471. The first-order valence-corrected chi connectivity index (χ1v) is 10.8. The van der Waals surface area contributed by atoms with Crippen LogP contribution in [-0.2, 0) is 25.7 Å². The molecule has 1 amide bonds. The van der Waals surface area contributed by atoms with Gasteiger partial charge in [0, 0.05) is 12.0 Å². The number of rotatable bonds is 11. The van der Waals surface area contributed by atoms with Crippen LogP contribution in [0.1, 0.15) is 43.1 Å². The van der Waals surface area contributed by atoms with E-state index in [-0.39, 0.29) is 25.2 Å². The number of carboxylic acid groups (broad SMARTS) is 1. The molecule has 35 heavy (non-hydrogen) atoms. The van der Waals surface area contributed by atoms with Crippen LogP contribution in [0, 0.1) is 0 Å². The van der Waals surface area contributed by atoms with Crippen LogP contribution in [0.4, 0.5) is 4.79 Å². The van der Waals surface area contributed by atoms with Gasteiger partial charge in [-0.15, -0.1) is 0 Å². The molecule has 0 saturated heterocycles. The van der Waals surface area contributed by atoms with Crippen molar-refractivity contribution < 1.29 is 43.2 Å². The van der Waals surface area contributed by atoms with Gasteiger partial charge >= 0.3 is 18.0 Å². The minimum atomic E-state index is -1.55. The van der Waals surface area contributed by atoms with Gasteiger partial charge in [0.2, 0.25) is 0 Å². The monoisotopic (exact) mass is 487 g/mol. The lowest BCUT2D eigenvalue weighted by Crippen LogP contribution is -2.45. The fourth-order valence-corrected chi connectivity index (χ4v) is 2.80. The molecule has 2 N–H and O–H groups in total. The maximum atomic E-state index is 12.7. The maximum Gasteiger partial charge on any atom is 0.408 e. The summed E-state index contributed by atoms with van der Waals surface area (Å²) in [5.74, 6) is -2.23. The van der Waals surface area contributed by atoms with Gasteiger partial charge in [0.15, 0.2) is 0 Å². The van der Waals surface area contributed by atoms with E-state index in [0.29, 0.717) is 11.5 Å². The number of carbonyl (C=O) groups is 4. The molecular formula is C25H29NO9. The van der Waals surface area contributed by atoms with E-state index in [9.17, 15) is 19.2 Å². The van der Waals surface area contributed by atoms with Crippen LogP contribution in [0.25, 0.3) is 0 Å². The lowest BCUT2D eigenvalue weighted by Gasteiger charge is -2.23. The number of ether oxygens (including phenoxy) is 4. The molecule has 0 saturated carbocycles. The zero-order valence-electron chi connectivity index (χ0n) is 20.0. The third-order valence-corrected chi connectivity index (χ3v) is 4.50. The number of alkyl carbamates (subject to hydrolysis) is 1. The summed E-state index contributed by atoms with van der Waals surface area (Å²) in [5.41, 5.74) is -0.00775. The minimum Gasteiger partial charge on any atom is -0.497 e. The average Bonchev–Trinajstić information content (AvgIpc) is 2.81. The fourth-order valence-electron chi connectivity index (χ4n) is 2.80. The number of Topliss-reactive ketones (excluding diaryl/α,β-unsaturated/α-hetero) is 1. The molecule has 0 heterocycles. The predicted octanol–water partition coefficient (Wildman–Crippen LogP) is 3.37. The number of carbonyl (C=O) groups excluding carboxylic acids is 3. The number of nitrogens with one attached hydrogen (secondary N) is 1. The Balaban J connectivity index is 1.98. The van der Waals surface area contributed by atoms with Crippen molar-refractivity contribution >= 4 is 23.8 Å². The molecule has 0 aliphatic heterocycles. The van der Waals surface area contributed by atoms with Crippen LogP contribution in [0.15, 0.2) is 48.5 Å². The van der Waals surface area contributed by atoms with Crippen molar-refractivity contribution in [1.82, 2.24) is 5.32 Å².